The van der Waals surface area contributed by atoms with Crippen molar-refractivity contribution >= 4 is 33.5 Å². The number of amides is 1. The van der Waals surface area contributed by atoms with Crippen molar-refractivity contribution in [2.75, 3.05) is 5.32 Å². The van der Waals surface area contributed by atoms with Crippen molar-refractivity contribution in [3.8, 4) is 0 Å². The number of rotatable bonds is 3. The third kappa shape index (κ3) is 2.20. The Balaban J connectivity index is 2.19. The predicted octanol–water partition coefficient (Wildman–Crippen LogP) is 2.56. The number of halogens is 1. The number of anilines is 1. The zero-order valence-corrected chi connectivity index (χ0v) is 10.9. The van der Waals surface area contributed by atoms with Gasteiger partial charge in [-0.1, -0.05) is 6.07 Å². The minimum Gasteiger partial charge on any atom is -0.480 e. The summed E-state index contributed by atoms with van der Waals surface area (Å²) >= 11 is 3.32. The standard InChI is InChI=1S/C12H12BrNO3/c1-7-2-3-8(13)9(6-7)14-10(15)12(4-5-12)11(16)17/h2-3,6H,4-5H2,1H3,(H,14,15)(H,16,17). The Labute approximate surface area is 107 Å². The Bertz CT molecular complexity index is 495. The van der Waals surface area contributed by atoms with Gasteiger partial charge in [0.1, 0.15) is 5.41 Å². The molecular formula is C12H12BrNO3. The molecule has 1 amide bonds. The largest absolute Gasteiger partial charge is 0.480 e. The maximum Gasteiger partial charge on any atom is 0.319 e. The second-order valence-corrected chi connectivity index (χ2v) is 5.18. The molecule has 0 saturated heterocycles. The van der Waals surface area contributed by atoms with E-state index in [1.54, 1.807) is 6.07 Å². The van der Waals surface area contributed by atoms with Crippen molar-refractivity contribution in [2.24, 2.45) is 5.41 Å². The second-order valence-electron chi connectivity index (χ2n) is 4.32. The summed E-state index contributed by atoms with van der Waals surface area (Å²) in [6.07, 6.45) is 0.829. The number of carboxylic acids is 1. The van der Waals surface area contributed by atoms with Gasteiger partial charge in [-0.25, -0.2) is 0 Å². The Morgan fingerprint density at radius 1 is 1.41 bits per heavy atom. The summed E-state index contributed by atoms with van der Waals surface area (Å²) in [5.74, 6) is -1.48. The van der Waals surface area contributed by atoms with Crippen LogP contribution in [0.3, 0.4) is 0 Å². The van der Waals surface area contributed by atoms with E-state index >= 15 is 0 Å². The molecule has 0 spiro atoms. The molecule has 0 unspecified atom stereocenters. The van der Waals surface area contributed by atoms with Gasteiger partial charge in [0.05, 0.1) is 5.69 Å². The number of carboxylic acid groups (broad SMARTS) is 1. The zero-order valence-electron chi connectivity index (χ0n) is 9.29. The van der Waals surface area contributed by atoms with Gasteiger partial charge in [0.25, 0.3) is 0 Å². The molecule has 0 atom stereocenters. The minimum atomic E-state index is -1.21. The summed E-state index contributed by atoms with van der Waals surface area (Å²) in [7, 11) is 0. The lowest BCUT2D eigenvalue weighted by Gasteiger charge is -2.12. The molecule has 2 rings (SSSR count). The molecule has 1 aromatic carbocycles. The molecule has 5 heteroatoms. The summed E-state index contributed by atoms with van der Waals surface area (Å²) in [4.78, 5) is 22.9. The summed E-state index contributed by atoms with van der Waals surface area (Å²) in [6, 6.07) is 5.54. The van der Waals surface area contributed by atoms with Crippen molar-refractivity contribution in [1.82, 2.24) is 0 Å². The number of hydrogen-bond acceptors (Lipinski definition) is 2. The highest BCUT2D eigenvalue weighted by Gasteiger charge is 2.57. The summed E-state index contributed by atoms with van der Waals surface area (Å²) in [5.41, 5.74) is 0.412. The molecule has 1 aliphatic carbocycles. The minimum absolute atomic E-state index is 0.414. The molecule has 0 heterocycles. The van der Waals surface area contributed by atoms with Crippen molar-refractivity contribution in [3.05, 3.63) is 28.2 Å². The van der Waals surface area contributed by atoms with Crippen molar-refractivity contribution in [3.63, 3.8) is 0 Å². The number of hydrogen-bond donors (Lipinski definition) is 2. The van der Waals surface area contributed by atoms with E-state index in [0.717, 1.165) is 10.0 Å². The fourth-order valence-electron chi connectivity index (χ4n) is 1.64. The first-order valence-electron chi connectivity index (χ1n) is 5.27. The van der Waals surface area contributed by atoms with Gasteiger partial charge in [-0.05, 0) is 53.4 Å². The Kier molecular flexibility index (Phi) is 2.95. The van der Waals surface area contributed by atoms with Gasteiger partial charge < -0.3 is 10.4 Å². The van der Waals surface area contributed by atoms with Crippen molar-refractivity contribution in [1.29, 1.82) is 0 Å². The summed E-state index contributed by atoms with van der Waals surface area (Å²) in [6.45, 7) is 1.91. The van der Waals surface area contributed by atoms with Gasteiger partial charge in [-0.2, -0.15) is 0 Å². The molecule has 1 aliphatic rings. The average Bonchev–Trinajstić information content (AvgIpc) is 3.04. The highest BCUT2D eigenvalue weighted by atomic mass is 79.9. The molecule has 1 aromatic rings. The van der Waals surface area contributed by atoms with E-state index < -0.39 is 17.3 Å². The van der Waals surface area contributed by atoms with E-state index in [1.165, 1.54) is 0 Å². The number of nitrogens with one attached hydrogen (secondary N) is 1. The molecule has 17 heavy (non-hydrogen) atoms. The van der Waals surface area contributed by atoms with Crippen LogP contribution in [-0.4, -0.2) is 17.0 Å². The Morgan fingerprint density at radius 3 is 2.59 bits per heavy atom. The lowest BCUT2D eigenvalue weighted by atomic mass is 10.1. The van der Waals surface area contributed by atoms with Crippen LogP contribution < -0.4 is 5.32 Å². The number of aliphatic carboxylic acids is 1. The fraction of sp³-hybridized carbons (Fsp3) is 0.333. The van der Waals surface area contributed by atoms with Gasteiger partial charge >= 0.3 is 5.97 Å². The Hall–Kier alpha value is -1.36. The van der Waals surface area contributed by atoms with E-state index in [4.69, 9.17) is 5.11 Å². The van der Waals surface area contributed by atoms with Gasteiger partial charge in [0, 0.05) is 4.47 Å². The van der Waals surface area contributed by atoms with E-state index in [1.807, 2.05) is 19.1 Å². The molecule has 2 N–H and O–H groups in total. The average molecular weight is 298 g/mol. The second kappa shape index (κ2) is 4.14. The SMILES string of the molecule is Cc1ccc(Br)c(NC(=O)C2(C(=O)O)CC2)c1. The number of aryl methyl sites for hydroxylation is 1. The van der Waals surface area contributed by atoms with E-state index in [2.05, 4.69) is 21.2 Å². The molecule has 1 fully saturated rings. The molecule has 1 saturated carbocycles. The highest BCUT2D eigenvalue weighted by Crippen LogP contribution is 2.47. The van der Waals surface area contributed by atoms with Gasteiger partial charge in [0.2, 0.25) is 5.91 Å². The van der Waals surface area contributed by atoms with E-state index in [-0.39, 0.29) is 0 Å². The first kappa shape index (κ1) is 12.1. The van der Waals surface area contributed by atoms with Gasteiger partial charge in [-0.15, -0.1) is 0 Å². The van der Waals surface area contributed by atoms with Crippen molar-refractivity contribution in [2.45, 2.75) is 19.8 Å². The first-order chi connectivity index (χ1) is 7.95. The molecule has 4 nitrogen and oxygen atoms in total. The summed E-state index contributed by atoms with van der Waals surface area (Å²) in [5, 5.41) is 11.7. The number of benzene rings is 1. The molecular weight excluding hydrogens is 286 g/mol. The normalized spacial score (nSPS) is 16.4. The van der Waals surface area contributed by atoms with Crippen LogP contribution in [0.2, 0.25) is 0 Å². The zero-order chi connectivity index (χ0) is 12.6. The molecule has 0 bridgehead atoms. The maximum absolute atomic E-state index is 11.9. The van der Waals surface area contributed by atoms with Gasteiger partial charge in [0.15, 0.2) is 0 Å². The lowest BCUT2D eigenvalue weighted by molar-refractivity contribution is -0.147. The number of carbonyl (C=O) groups is 2. The van der Waals surface area contributed by atoms with Crippen molar-refractivity contribution < 1.29 is 14.7 Å². The van der Waals surface area contributed by atoms with Crippen LogP contribution in [0.4, 0.5) is 5.69 Å². The van der Waals surface area contributed by atoms with Crippen LogP contribution in [0.1, 0.15) is 18.4 Å². The maximum atomic E-state index is 11.9. The van der Waals surface area contributed by atoms with Crippen LogP contribution >= 0.6 is 15.9 Å². The highest BCUT2D eigenvalue weighted by molar-refractivity contribution is 9.10. The third-order valence-corrected chi connectivity index (χ3v) is 3.66. The monoisotopic (exact) mass is 297 g/mol. The lowest BCUT2D eigenvalue weighted by Crippen LogP contribution is -2.31. The quantitative estimate of drug-likeness (QED) is 0.843. The predicted molar refractivity (Wildman–Crippen MR) is 66.8 cm³/mol. The Morgan fingerprint density at radius 2 is 2.06 bits per heavy atom. The van der Waals surface area contributed by atoms with E-state index in [0.29, 0.717) is 18.5 Å². The first-order valence-corrected chi connectivity index (χ1v) is 6.06. The topological polar surface area (TPSA) is 66.4 Å². The number of carbonyl (C=O) groups excluding carboxylic acids is 1. The smallest absolute Gasteiger partial charge is 0.319 e. The third-order valence-electron chi connectivity index (χ3n) is 2.96. The molecule has 0 aliphatic heterocycles. The van der Waals surface area contributed by atoms with Crippen LogP contribution in [0, 0.1) is 12.3 Å². The summed E-state index contributed by atoms with van der Waals surface area (Å²) < 4.78 is 0.748. The van der Waals surface area contributed by atoms with Crippen LogP contribution in [-0.2, 0) is 9.59 Å². The molecule has 90 valence electrons. The molecule has 0 radical (unpaired) electrons. The fourth-order valence-corrected chi connectivity index (χ4v) is 1.99. The van der Waals surface area contributed by atoms with Crippen LogP contribution in [0.15, 0.2) is 22.7 Å². The van der Waals surface area contributed by atoms with Crippen LogP contribution in [0.25, 0.3) is 0 Å². The van der Waals surface area contributed by atoms with Crippen LogP contribution in [0.5, 0.6) is 0 Å². The van der Waals surface area contributed by atoms with Gasteiger partial charge in [-0.3, -0.25) is 9.59 Å². The van der Waals surface area contributed by atoms with E-state index in [9.17, 15) is 9.59 Å². The molecule has 0 aromatic heterocycles.